The maximum Gasteiger partial charge on any atom is 0.220 e. The molecule has 2 atom stereocenters. The summed E-state index contributed by atoms with van der Waals surface area (Å²) in [6.07, 6.45) is 1.19. The van der Waals surface area contributed by atoms with Gasteiger partial charge in [0.15, 0.2) is 0 Å². The molecule has 0 saturated heterocycles. The predicted octanol–water partition coefficient (Wildman–Crippen LogP) is -0.142. The van der Waals surface area contributed by atoms with Gasteiger partial charge in [-0.05, 0) is 25.8 Å². The van der Waals surface area contributed by atoms with Crippen LogP contribution < -0.4 is 11.1 Å². The van der Waals surface area contributed by atoms with E-state index in [4.69, 9.17) is 10.8 Å². The Morgan fingerprint density at radius 1 is 1.54 bits per heavy atom. The van der Waals surface area contributed by atoms with Crippen LogP contribution in [-0.2, 0) is 4.79 Å². The van der Waals surface area contributed by atoms with Gasteiger partial charge in [-0.2, -0.15) is 0 Å². The zero-order valence-electron chi connectivity index (χ0n) is 8.42. The molecular formula is C9H20N2O2. The number of amides is 1. The Labute approximate surface area is 79.5 Å². The second kappa shape index (κ2) is 6.86. The van der Waals surface area contributed by atoms with Crippen molar-refractivity contribution in [1.29, 1.82) is 0 Å². The lowest BCUT2D eigenvalue weighted by atomic mass is 10.1. The smallest absolute Gasteiger partial charge is 0.220 e. The van der Waals surface area contributed by atoms with Gasteiger partial charge in [-0.1, -0.05) is 6.92 Å². The highest BCUT2D eigenvalue weighted by Crippen LogP contribution is 2.01. The van der Waals surface area contributed by atoms with E-state index in [0.29, 0.717) is 19.4 Å². The van der Waals surface area contributed by atoms with Gasteiger partial charge in [0.05, 0.1) is 0 Å². The minimum absolute atomic E-state index is 0.0123. The summed E-state index contributed by atoms with van der Waals surface area (Å²) in [4.78, 5) is 11.2. The molecule has 2 unspecified atom stereocenters. The van der Waals surface area contributed by atoms with E-state index in [1.165, 1.54) is 0 Å². The molecule has 0 spiro atoms. The third-order valence-electron chi connectivity index (χ3n) is 2.14. The molecule has 78 valence electrons. The fourth-order valence-electron chi connectivity index (χ4n) is 0.889. The average molecular weight is 188 g/mol. The van der Waals surface area contributed by atoms with Crippen LogP contribution in [0.4, 0.5) is 0 Å². The maximum atomic E-state index is 11.2. The van der Waals surface area contributed by atoms with Crippen LogP contribution in [0.1, 0.15) is 26.7 Å². The van der Waals surface area contributed by atoms with Crippen molar-refractivity contribution in [2.24, 2.45) is 11.7 Å². The molecule has 0 aliphatic heterocycles. The third kappa shape index (κ3) is 5.60. The normalized spacial score (nSPS) is 15.1. The van der Waals surface area contributed by atoms with Crippen molar-refractivity contribution >= 4 is 5.91 Å². The quantitative estimate of drug-likeness (QED) is 0.543. The van der Waals surface area contributed by atoms with Crippen LogP contribution in [0, 0.1) is 5.92 Å². The minimum Gasteiger partial charge on any atom is -0.396 e. The molecule has 0 aromatic rings. The van der Waals surface area contributed by atoms with Crippen molar-refractivity contribution in [3.05, 3.63) is 0 Å². The van der Waals surface area contributed by atoms with E-state index < -0.39 is 0 Å². The van der Waals surface area contributed by atoms with Gasteiger partial charge < -0.3 is 16.2 Å². The van der Waals surface area contributed by atoms with Crippen LogP contribution in [0.2, 0.25) is 0 Å². The number of carbonyl (C=O) groups is 1. The lowest BCUT2D eigenvalue weighted by Crippen LogP contribution is -2.38. The highest BCUT2D eigenvalue weighted by atomic mass is 16.3. The largest absolute Gasteiger partial charge is 0.396 e. The first kappa shape index (κ1) is 12.4. The molecule has 1 amide bonds. The number of nitrogens with one attached hydrogen (secondary N) is 1. The summed E-state index contributed by atoms with van der Waals surface area (Å²) < 4.78 is 0. The molecule has 0 aliphatic carbocycles. The van der Waals surface area contributed by atoms with Crippen molar-refractivity contribution in [1.82, 2.24) is 5.32 Å². The molecule has 0 saturated carbocycles. The Balaban J connectivity index is 3.64. The van der Waals surface area contributed by atoms with E-state index in [1.807, 2.05) is 13.8 Å². The van der Waals surface area contributed by atoms with Crippen LogP contribution >= 0.6 is 0 Å². The summed E-state index contributed by atoms with van der Waals surface area (Å²) in [6.45, 7) is 4.42. The summed E-state index contributed by atoms with van der Waals surface area (Å²) in [5.74, 6) is 0.111. The molecule has 0 rings (SSSR count). The lowest BCUT2D eigenvalue weighted by molar-refractivity contribution is -0.122. The number of hydrogen-bond acceptors (Lipinski definition) is 3. The van der Waals surface area contributed by atoms with Crippen molar-refractivity contribution in [2.75, 3.05) is 13.2 Å². The second-order valence-corrected chi connectivity index (χ2v) is 3.41. The minimum atomic E-state index is 0.0123. The number of nitrogens with two attached hydrogens (primary N) is 1. The van der Waals surface area contributed by atoms with Crippen LogP contribution in [0.3, 0.4) is 0 Å². The summed E-state index contributed by atoms with van der Waals surface area (Å²) in [7, 11) is 0. The third-order valence-corrected chi connectivity index (χ3v) is 2.14. The SMILES string of the molecule is CC(CO)C(C)NC(=O)CCCN. The number of carbonyl (C=O) groups excluding carboxylic acids is 1. The number of aliphatic hydroxyl groups is 1. The van der Waals surface area contributed by atoms with E-state index in [2.05, 4.69) is 5.32 Å². The van der Waals surface area contributed by atoms with Gasteiger partial charge in [-0.15, -0.1) is 0 Å². The van der Waals surface area contributed by atoms with E-state index in [0.717, 1.165) is 0 Å². The second-order valence-electron chi connectivity index (χ2n) is 3.41. The first-order valence-electron chi connectivity index (χ1n) is 4.72. The van der Waals surface area contributed by atoms with Gasteiger partial charge in [-0.3, -0.25) is 4.79 Å². The lowest BCUT2D eigenvalue weighted by Gasteiger charge is -2.18. The zero-order chi connectivity index (χ0) is 10.3. The molecule has 0 bridgehead atoms. The van der Waals surface area contributed by atoms with Gasteiger partial charge >= 0.3 is 0 Å². The Kier molecular flexibility index (Phi) is 6.54. The molecule has 0 radical (unpaired) electrons. The van der Waals surface area contributed by atoms with Crippen molar-refractivity contribution in [3.8, 4) is 0 Å². The Morgan fingerprint density at radius 2 is 2.15 bits per heavy atom. The van der Waals surface area contributed by atoms with E-state index >= 15 is 0 Å². The fraction of sp³-hybridized carbons (Fsp3) is 0.889. The van der Waals surface area contributed by atoms with Gasteiger partial charge in [0.25, 0.3) is 0 Å². The summed E-state index contributed by atoms with van der Waals surface area (Å²) in [5, 5.41) is 11.6. The average Bonchev–Trinajstić information content (AvgIpc) is 2.13. The molecule has 4 heteroatoms. The number of rotatable bonds is 6. The first-order chi connectivity index (χ1) is 6.11. The molecule has 4 nitrogen and oxygen atoms in total. The maximum absolute atomic E-state index is 11.2. The van der Waals surface area contributed by atoms with Gasteiger partial charge in [0.2, 0.25) is 5.91 Å². The van der Waals surface area contributed by atoms with E-state index in [9.17, 15) is 4.79 Å². The molecule has 0 fully saturated rings. The van der Waals surface area contributed by atoms with Crippen LogP contribution in [0.5, 0.6) is 0 Å². The standard InChI is InChI=1S/C9H20N2O2/c1-7(6-12)8(2)11-9(13)4-3-5-10/h7-8,12H,3-6,10H2,1-2H3,(H,11,13). The van der Waals surface area contributed by atoms with Crippen molar-refractivity contribution in [3.63, 3.8) is 0 Å². The Hall–Kier alpha value is -0.610. The molecular weight excluding hydrogens is 168 g/mol. The molecule has 0 heterocycles. The Morgan fingerprint density at radius 3 is 2.62 bits per heavy atom. The number of hydrogen-bond donors (Lipinski definition) is 3. The molecule has 0 aliphatic rings. The summed E-state index contributed by atoms with van der Waals surface area (Å²) in [5.41, 5.74) is 5.27. The summed E-state index contributed by atoms with van der Waals surface area (Å²) in [6, 6.07) is 0.0234. The summed E-state index contributed by atoms with van der Waals surface area (Å²) >= 11 is 0. The fourth-order valence-corrected chi connectivity index (χ4v) is 0.889. The van der Waals surface area contributed by atoms with E-state index in [1.54, 1.807) is 0 Å². The van der Waals surface area contributed by atoms with Crippen molar-refractivity contribution < 1.29 is 9.90 Å². The Bertz CT molecular complexity index is 151. The van der Waals surface area contributed by atoms with Crippen LogP contribution in [-0.4, -0.2) is 30.2 Å². The monoisotopic (exact) mass is 188 g/mol. The molecule has 0 aromatic carbocycles. The number of aliphatic hydroxyl groups excluding tert-OH is 1. The molecule has 4 N–H and O–H groups in total. The van der Waals surface area contributed by atoms with E-state index in [-0.39, 0.29) is 24.5 Å². The van der Waals surface area contributed by atoms with Gasteiger partial charge in [0.1, 0.15) is 0 Å². The molecule has 13 heavy (non-hydrogen) atoms. The van der Waals surface area contributed by atoms with Gasteiger partial charge in [0, 0.05) is 19.1 Å². The first-order valence-corrected chi connectivity index (χ1v) is 4.72. The zero-order valence-corrected chi connectivity index (χ0v) is 8.42. The van der Waals surface area contributed by atoms with Crippen LogP contribution in [0.25, 0.3) is 0 Å². The van der Waals surface area contributed by atoms with Crippen LogP contribution in [0.15, 0.2) is 0 Å². The van der Waals surface area contributed by atoms with Crippen molar-refractivity contribution in [2.45, 2.75) is 32.7 Å². The predicted molar refractivity (Wildman–Crippen MR) is 52.1 cm³/mol. The highest BCUT2D eigenvalue weighted by molar-refractivity contribution is 5.76. The highest BCUT2D eigenvalue weighted by Gasteiger charge is 2.12. The topological polar surface area (TPSA) is 75.3 Å². The molecule has 0 aromatic heterocycles. The van der Waals surface area contributed by atoms with Gasteiger partial charge in [-0.25, -0.2) is 0 Å².